The summed E-state index contributed by atoms with van der Waals surface area (Å²) in [5.41, 5.74) is 4.04. The van der Waals surface area contributed by atoms with Gasteiger partial charge < -0.3 is 14.6 Å². The zero-order valence-corrected chi connectivity index (χ0v) is 20.3. The van der Waals surface area contributed by atoms with E-state index in [1.807, 2.05) is 48.2 Å². The first-order chi connectivity index (χ1) is 15.7. The molecule has 2 atom stereocenters. The standard InChI is InChI=1S/C27H30N2O3S/c1-18(19-11-13-22(14-12-19)27(2,3)4)28-25(31)20-7-9-21(10-8-20)26-29(24(30)17-33-26)16-23-6-5-15-32-23/h5-15,18,26H,16-17H2,1-4H3,(H,28,31). The molecule has 1 aromatic heterocycles. The normalized spacial score (nSPS) is 17.3. The number of benzene rings is 2. The Morgan fingerprint density at radius 1 is 1.12 bits per heavy atom. The highest BCUT2D eigenvalue weighted by Gasteiger charge is 2.33. The van der Waals surface area contributed by atoms with Crippen molar-refractivity contribution in [3.05, 3.63) is 94.9 Å². The number of amides is 2. The third-order valence-electron chi connectivity index (χ3n) is 5.96. The van der Waals surface area contributed by atoms with Gasteiger partial charge in [-0.2, -0.15) is 0 Å². The van der Waals surface area contributed by atoms with Gasteiger partial charge in [0.15, 0.2) is 0 Å². The Kier molecular flexibility index (Phi) is 6.66. The SMILES string of the molecule is CC(NC(=O)c1ccc(C2SCC(=O)N2Cc2ccco2)cc1)c1ccc(C(C)(C)C)cc1. The molecule has 2 unspecified atom stereocenters. The Balaban J connectivity index is 1.41. The van der Waals surface area contributed by atoms with Crippen LogP contribution in [0, 0.1) is 0 Å². The Morgan fingerprint density at radius 3 is 2.42 bits per heavy atom. The monoisotopic (exact) mass is 462 g/mol. The third-order valence-corrected chi connectivity index (χ3v) is 7.21. The summed E-state index contributed by atoms with van der Waals surface area (Å²) in [6, 6.07) is 19.5. The quantitative estimate of drug-likeness (QED) is 0.500. The van der Waals surface area contributed by atoms with Crippen molar-refractivity contribution in [2.24, 2.45) is 0 Å². The molecule has 1 N–H and O–H groups in total. The van der Waals surface area contributed by atoms with Crippen LogP contribution >= 0.6 is 11.8 Å². The molecular weight excluding hydrogens is 432 g/mol. The maximum Gasteiger partial charge on any atom is 0.251 e. The lowest BCUT2D eigenvalue weighted by atomic mass is 9.86. The van der Waals surface area contributed by atoms with Crippen LogP contribution < -0.4 is 5.32 Å². The minimum Gasteiger partial charge on any atom is -0.467 e. The zero-order chi connectivity index (χ0) is 23.6. The maximum atomic E-state index is 12.8. The van der Waals surface area contributed by atoms with Gasteiger partial charge >= 0.3 is 0 Å². The second kappa shape index (κ2) is 9.48. The largest absolute Gasteiger partial charge is 0.467 e. The van der Waals surface area contributed by atoms with E-state index in [0.717, 1.165) is 16.9 Å². The Morgan fingerprint density at radius 2 is 1.82 bits per heavy atom. The molecule has 0 spiro atoms. The molecule has 1 aliphatic rings. The van der Waals surface area contributed by atoms with Gasteiger partial charge in [-0.15, -0.1) is 11.8 Å². The predicted octanol–water partition coefficient (Wildman–Crippen LogP) is 5.84. The van der Waals surface area contributed by atoms with Gasteiger partial charge in [-0.3, -0.25) is 9.59 Å². The van der Waals surface area contributed by atoms with E-state index in [1.165, 1.54) is 5.56 Å². The van der Waals surface area contributed by atoms with Crippen molar-refractivity contribution in [1.29, 1.82) is 0 Å². The molecule has 0 bridgehead atoms. The molecule has 0 saturated carbocycles. The van der Waals surface area contributed by atoms with E-state index in [9.17, 15) is 9.59 Å². The molecule has 1 aliphatic heterocycles. The Bertz CT molecular complexity index is 1100. The van der Waals surface area contributed by atoms with Crippen LogP contribution in [0.1, 0.15) is 71.9 Å². The van der Waals surface area contributed by atoms with Crippen LogP contribution in [0.3, 0.4) is 0 Å². The highest BCUT2D eigenvalue weighted by Crippen LogP contribution is 2.39. The highest BCUT2D eigenvalue weighted by atomic mass is 32.2. The topological polar surface area (TPSA) is 62.6 Å². The van der Waals surface area contributed by atoms with Gasteiger partial charge in [0, 0.05) is 5.56 Å². The van der Waals surface area contributed by atoms with Gasteiger partial charge in [0.1, 0.15) is 11.1 Å². The van der Waals surface area contributed by atoms with E-state index in [2.05, 4.69) is 50.4 Å². The van der Waals surface area contributed by atoms with Crippen molar-refractivity contribution < 1.29 is 14.0 Å². The van der Waals surface area contributed by atoms with E-state index in [0.29, 0.717) is 17.9 Å². The number of nitrogens with zero attached hydrogens (tertiary/aromatic N) is 1. The number of thioether (sulfide) groups is 1. The number of carbonyl (C=O) groups excluding carboxylic acids is 2. The van der Waals surface area contributed by atoms with Crippen molar-refractivity contribution in [2.75, 3.05) is 5.75 Å². The molecule has 2 aromatic carbocycles. The summed E-state index contributed by atoms with van der Waals surface area (Å²) >= 11 is 1.59. The lowest BCUT2D eigenvalue weighted by molar-refractivity contribution is -0.128. The van der Waals surface area contributed by atoms with E-state index < -0.39 is 0 Å². The van der Waals surface area contributed by atoms with Crippen LogP contribution in [0.15, 0.2) is 71.3 Å². The molecule has 4 rings (SSSR count). The summed E-state index contributed by atoms with van der Waals surface area (Å²) in [5, 5.41) is 3.00. The molecule has 33 heavy (non-hydrogen) atoms. The van der Waals surface area contributed by atoms with E-state index in [1.54, 1.807) is 18.0 Å². The smallest absolute Gasteiger partial charge is 0.251 e. The molecular formula is C27H30N2O3S. The van der Waals surface area contributed by atoms with Crippen molar-refractivity contribution in [1.82, 2.24) is 10.2 Å². The molecule has 2 amide bonds. The summed E-state index contributed by atoms with van der Waals surface area (Å²) in [4.78, 5) is 27.0. The molecule has 1 saturated heterocycles. The number of rotatable bonds is 6. The summed E-state index contributed by atoms with van der Waals surface area (Å²) in [6.07, 6.45) is 1.62. The lowest BCUT2D eigenvalue weighted by Gasteiger charge is -2.23. The van der Waals surface area contributed by atoms with Gasteiger partial charge in [0.05, 0.1) is 24.6 Å². The molecule has 6 heteroatoms. The maximum absolute atomic E-state index is 12.8. The van der Waals surface area contributed by atoms with Crippen LogP contribution in [-0.2, 0) is 16.8 Å². The third kappa shape index (κ3) is 5.33. The summed E-state index contributed by atoms with van der Waals surface area (Å²) in [7, 11) is 0. The number of carbonyl (C=O) groups is 2. The van der Waals surface area contributed by atoms with Gasteiger partial charge in [-0.1, -0.05) is 57.2 Å². The fraction of sp³-hybridized carbons (Fsp3) is 0.333. The van der Waals surface area contributed by atoms with Crippen molar-refractivity contribution in [3.8, 4) is 0 Å². The fourth-order valence-electron chi connectivity index (χ4n) is 3.91. The minimum absolute atomic E-state index is 0.0834. The average molecular weight is 463 g/mol. The fourth-order valence-corrected chi connectivity index (χ4v) is 5.09. The van der Waals surface area contributed by atoms with E-state index in [4.69, 9.17) is 4.42 Å². The molecule has 2 heterocycles. The number of hydrogen-bond donors (Lipinski definition) is 1. The van der Waals surface area contributed by atoms with E-state index >= 15 is 0 Å². The van der Waals surface area contributed by atoms with Crippen molar-refractivity contribution >= 4 is 23.6 Å². The Hall–Kier alpha value is -2.99. The van der Waals surface area contributed by atoms with Crippen LogP contribution in [0.2, 0.25) is 0 Å². The molecule has 5 nitrogen and oxygen atoms in total. The molecule has 3 aromatic rings. The first-order valence-electron chi connectivity index (χ1n) is 11.2. The van der Waals surface area contributed by atoms with Crippen LogP contribution in [0.25, 0.3) is 0 Å². The minimum atomic E-state index is -0.114. The summed E-state index contributed by atoms with van der Waals surface area (Å²) in [5.74, 6) is 1.18. The van der Waals surface area contributed by atoms with Crippen LogP contribution in [0.4, 0.5) is 0 Å². The lowest BCUT2D eigenvalue weighted by Crippen LogP contribution is -2.28. The molecule has 0 aliphatic carbocycles. The van der Waals surface area contributed by atoms with E-state index in [-0.39, 0.29) is 28.6 Å². The molecule has 172 valence electrons. The van der Waals surface area contributed by atoms with Crippen molar-refractivity contribution in [2.45, 2.75) is 51.1 Å². The average Bonchev–Trinajstić information content (AvgIpc) is 3.44. The highest BCUT2D eigenvalue weighted by molar-refractivity contribution is 8.00. The number of furan rings is 1. The molecule has 0 radical (unpaired) electrons. The first kappa shape index (κ1) is 23.2. The predicted molar refractivity (Wildman–Crippen MR) is 132 cm³/mol. The summed E-state index contributed by atoms with van der Waals surface area (Å²) in [6.45, 7) is 9.00. The van der Waals surface area contributed by atoms with Gasteiger partial charge in [-0.25, -0.2) is 0 Å². The van der Waals surface area contributed by atoms with Crippen LogP contribution in [0.5, 0.6) is 0 Å². The Labute approximate surface area is 199 Å². The second-order valence-corrected chi connectivity index (χ2v) is 10.5. The number of hydrogen-bond acceptors (Lipinski definition) is 4. The summed E-state index contributed by atoms with van der Waals surface area (Å²) < 4.78 is 5.42. The first-order valence-corrected chi connectivity index (χ1v) is 12.2. The van der Waals surface area contributed by atoms with Crippen molar-refractivity contribution in [3.63, 3.8) is 0 Å². The van der Waals surface area contributed by atoms with Gasteiger partial charge in [0.25, 0.3) is 5.91 Å². The second-order valence-electron chi connectivity index (χ2n) is 9.45. The zero-order valence-electron chi connectivity index (χ0n) is 19.5. The van der Waals surface area contributed by atoms with Gasteiger partial charge in [0.2, 0.25) is 5.91 Å². The number of nitrogens with one attached hydrogen (secondary N) is 1. The van der Waals surface area contributed by atoms with Crippen LogP contribution in [-0.4, -0.2) is 22.5 Å². The van der Waals surface area contributed by atoms with Gasteiger partial charge in [-0.05, 0) is 53.3 Å². The molecule has 1 fully saturated rings.